The molecule has 0 bridgehead atoms. The van der Waals surface area contributed by atoms with Crippen LogP contribution in [-0.2, 0) is 0 Å². The van der Waals surface area contributed by atoms with Crippen LogP contribution in [0.1, 0.15) is 47.8 Å². The average Bonchev–Trinajstić information content (AvgIpc) is 2.86. The quantitative estimate of drug-likeness (QED) is 0.747. The van der Waals surface area contributed by atoms with Crippen molar-refractivity contribution in [2.24, 2.45) is 0 Å². The monoisotopic (exact) mass is 208 g/mol. The molecule has 0 radical (unpaired) electrons. The number of carbonyl (C=O) groups excluding carboxylic acids is 1. The van der Waals surface area contributed by atoms with E-state index >= 15 is 0 Å². The highest BCUT2D eigenvalue weighted by molar-refractivity contribution is 5.91. The largest absolute Gasteiger partial charge is 0.351 e. The molecule has 2 rings (SSSR count). The van der Waals surface area contributed by atoms with Gasteiger partial charge in [-0.1, -0.05) is 18.0 Å². The van der Waals surface area contributed by atoms with Crippen LogP contribution in [0, 0.1) is 0 Å². The molecule has 0 aromatic carbocycles. The van der Waals surface area contributed by atoms with Crippen molar-refractivity contribution in [1.29, 1.82) is 0 Å². The topological polar surface area (TPSA) is 46.3 Å². The van der Waals surface area contributed by atoms with E-state index in [1.54, 1.807) is 20.2 Å². The zero-order valence-electron chi connectivity index (χ0n) is 9.19. The Kier molecular flexibility index (Phi) is 2.75. The average molecular weight is 208 g/mol. The van der Waals surface area contributed by atoms with Crippen LogP contribution in [0.15, 0.2) is 10.6 Å². The summed E-state index contributed by atoms with van der Waals surface area (Å²) in [6, 6.07) is 1.79. The van der Waals surface area contributed by atoms with E-state index in [2.05, 4.69) is 5.16 Å². The van der Waals surface area contributed by atoms with Gasteiger partial charge >= 0.3 is 0 Å². The van der Waals surface area contributed by atoms with E-state index in [1.165, 1.54) is 30.6 Å². The predicted octanol–water partition coefficient (Wildman–Crippen LogP) is 2.03. The lowest BCUT2D eigenvalue weighted by Gasteiger charge is -2.05. The van der Waals surface area contributed by atoms with Gasteiger partial charge in [0.05, 0.1) is 5.69 Å². The van der Waals surface area contributed by atoms with Crippen molar-refractivity contribution in [3.63, 3.8) is 0 Å². The second kappa shape index (κ2) is 4.04. The van der Waals surface area contributed by atoms with E-state index < -0.39 is 0 Å². The molecule has 4 heteroatoms. The number of rotatable bonds is 2. The Bertz CT molecular complexity index is 351. The van der Waals surface area contributed by atoms with Crippen molar-refractivity contribution in [3.05, 3.63) is 17.5 Å². The number of amides is 1. The van der Waals surface area contributed by atoms with Gasteiger partial charge in [0, 0.05) is 26.1 Å². The minimum absolute atomic E-state index is 0.119. The van der Waals surface area contributed by atoms with Crippen LogP contribution in [0.5, 0.6) is 0 Å². The third-order valence-corrected chi connectivity index (χ3v) is 2.92. The van der Waals surface area contributed by atoms with Crippen LogP contribution in [0.2, 0.25) is 0 Å². The van der Waals surface area contributed by atoms with Gasteiger partial charge in [0.2, 0.25) is 5.76 Å². The van der Waals surface area contributed by atoms with Crippen LogP contribution >= 0.6 is 0 Å². The Morgan fingerprint density at radius 3 is 2.73 bits per heavy atom. The van der Waals surface area contributed by atoms with E-state index in [-0.39, 0.29) is 5.91 Å². The molecular weight excluding hydrogens is 192 g/mol. The van der Waals surface area contributed by atoms with E-state index in [4.69, 9.17) is 4.52 Å². The second-order valence-electron chi connectivity index (χ2n) is 4.30. The minimum atomic E-state index is -0.119. The summed E-state index contributed by atoms with van der Waals surface area (Å²) in [7, 11) is 3.42. The third kappa shape index (κ3) is 2.03. The van der Waals surface area contributed by atoms with Crippen molar-refractivity contribution in [2.75, 3.05) is 14.1 Å². The Balaban J connectivity index is 2.12. The molecule has 1 heterocycles. The van der Waals surface area contributed by atoms with Crippen molar-refractivity contribution in [3.8, 4) is 0 Å². The standard InChI is InChI=1S/C11H16N2O2/c1-13(2)11(14)10-7-9(12-15-10)8-5-3-4-6-8/h7-8H,3-6H2,1-2H3. The molecule has 0 N–H and O–H groups in total. The van der Waals surface area contributed by atoms with Gasteiger partial charge in [-0.05, 0) is 12.8 Å². The first-order valence-corrected chi connectivity index (χ1v) is 5.36. The molecule has 1 aromatic rings. The van der Waals surface area contributed by atoms with Crippen molar-refractivity contribution < 1.29 is 9.32 Å². The van der Waals surface area contributed by atoms with Crippen LogP contribution < -0.4 is 0 Å². The molecule has 0 unspecified atom stereocenters. The maximum Gasteiger partial charge on any atom is 0.291 e. The molecule has 1 aliphatic rings. The fraction of sp³-hybridized carbons (Fsp3) is 0.636. The predicted molar refractivity (Wildman–Crippen MR) is 55.7 cm³/mol. The Morgan fingerprint density at radius 2 is 2.13 bits per heavy atom. The van der Waals surface area contributed by atoms with Gasteiger partial charge in [0.25, 0.3) is 5.91 Å². The highest BCUT2D eigenvalue weighted by Gasteiger charge is 2.23. The molecule has 0 aliphatic heterocycles. The maximum absolute atomic E-state index is 11.6. The zero-order chi connectivity index (χ0) is 10.8. The fourth-order valence-electron chi connectivity index (χ4n) is 2.02. The molecular formula is C11H16N2O2. The minimum Gasteiger partial charge on any atom is -0.351 e. The van der Waals surface area contributed by atoms with E-state index in [9.17, 15) is 4.79 Å². The summed E-state index contributed by atoms with van der Waals surface area (Å²) in [6.45, 7) is 0. The molecule has 1 aliphatic carbocycles. The van der Waals surface area contributed by atoms with E-state index in [0.29, 0.717) is 11.7 Å². The number of aromatic nitrogens is 1. The van der Waals surface area contributed by atoms with Gasteiger partial charge in [-0.15, -0.1) is 0 Å². The number of carbonyl (C=O) groups is 1. The molecule has 0 atom stereocenters. The highest BCUT2D eigenvalue weighted by atomic mass is 16.5. The maximum atomic E-state index is 11.6. The second-order valence-corrected chi connectivity index (χ2v) is 4.30. The normalized spacial score (nSPS) is 16.9. The summed E-state index contributed by atoms with van der Waals surface area (Å²) in [5.41, 5.74) is 0.942. The van der Waals surface area contributed by atoms with Gasteiger partial charge in [0.1, 0.15) is 0 Å². The molecule has 0 saturated heterocycles. The molecule has 1 aromatic heterocycles. The van der Waals surface area contributed by atoms with E-state index in [0.717, 1.165) is 5.69 Å². The Hall–Kier alpha value is -1.32. The fourth-order valence-corrected chi connectivity index (χ4v) is 2.02. The molecule has 4 nitrogen and oxygen atoms in total. The zero-order valence-corrected chi connectivity index (χ0v) is 9.19. The molecule has 15 heavy (non-hydrogen) atoms. The van der Waals surface area contributed by atoms with Crippen LogP contribution in [0.25, 0.3) is 0 Å². The third-order valence-electron chi connectivity index (χ3n) is 2.92. The lowest BCUT2D eigenvalue weighted by atomic mass is 10.0. The summed E-state index contributed by atoms with van der Waals surface area (Å²) >= 11 is 0. The highest BCUT2D eigenvalue weighted by Crippen LogP contribution is 2.33. The van der Waals surface area contributed by atoms with Crippen LogP contribution in [0.4, 0.5) is 0 Å². The number of nitrogens with zero attached hydrogens (tertiary/aromatic N) is 2. The molecule has 1 saturated carbocycles. The van der Waals surface area contributed by atoms with Gasteiger partial charge in [-0.3, -0.25) is 4.79 Å². The van der Waals surface area contributed by atoms with Gasteiger partial charge in [0.15, 0.2) is 0 Å². The van der Waals surface area contributed by atoms with Gasteiger partial charge < -0.3 is 9.42 Å². The first-order valence-electron chi connectivity index (χ1n) is 5.36. The number of hydrogen-bond donors (Lipinski definition) is 0. The van der Waals surface area contributed by atoms with Gasteiger partial charge in [-0.2, -0.15) is 0 Å². The first-order chi connectivity index (χ1) is 7.18. The van der Waals surface area contributed by atoms with Crippen molar-refractivity contribution in [2.45, 2.75) is 31.6 Å². The van der Waals surface area contributed by atoms with Gasteiger partial charge in [-0.25, -0.2) is 0 Å². The van der Waals surface area contributed by atoms with Crippen molar-refractivity contribution in [1.82, 2.24) is 10.1 Å². The molecule has 1 amide bonds. The lowest BCUT2D eigenvalue weighted by molar-refractivity contribution is 0.0787. The Labute approximate surface area is 89.2 Å². The lowest BCUT2D eigenvalue weighted by Crippen LogP contribution is -2.20. The van der Waals surface area contributed by atoms with E-state index in [1.807, 2.05) is 0 Å². The van der Waals surface area contributed by atoms with Crippen LogP contribution in [0.3, 0.4) is 0 Å². The first kappa shape index (κ1) is 10.2. The summed E-state index contributed by atoms with van der Waals surface area (Å²) in [5, 5.41) is 3.98. The molecule has 0 spiro atoms. The SMILES string of the molecule is CN(C)C(=O)c1cc(C2CCCC2)no1. The Morgan fingerprint density at radius 1 is 1.47 bits per heavy atom. The summed E-state index contributed by atoms with van der Waals surface area (Å²) in [5.74, 6) is 0.728. The summed E-state index contributed by atoms with van der Waals surface area (Å²) in [6.07, 6.45) is 4.85. The number of hydrogen-bond acceptors (Lipinski definition) is 3. The smallest absolute Gasteiger partial charge is 0.291 e. The molecule has 1 fully saturated rings. The van der Waals surface area contributed by atoms with Crippen LogP contribution in [-0.4, -0.2) is 30.1 Å². The summed E-state index contributed by atoms with van der Waals surface area (Å²) < 4.78 is 5.06. The summed E-state index contributed by atoms with van der Waals surface area (Å²) in [4.78, 5) is 13.1. The molecule has 82 valence electrons. The van der Waals surface area contributed by atoms with Crippen molar-refractivity contribution >= 4 is 5.91 Å².